The third kappa shape index (κ3) is 23.1. The maximum absolute atomic E-state index is 12.1. The zero-order chi connectivity index (χ0) is 23.7. The summed E-state index contributed by atoms with van der Waals surface area (Å²) in [7, 11) is 3.49. The van der Waals surface area contributed by atoms with E-state index >= 15 is 0 Å². The first kappa shape index (κ1) is 31.9. The van der Waals surface area contributed by atoms with E-state index in [4.69, 9.17) is 0 Å². The largest absolute Gasteiger partial charge is 0.355 e. The van der Waals surface area contributed by atoms with E-state index in [1.807, 2.05) is 6.26 Å². The van der Waals surface area contributed by atoms with Gasteiger partial charge in [-0.25, -0.2) is 0 Å². The van der Waals surface area contributed by atoms with Crippen molar-refractivity contribution in [2.75, 3.05) is 56.7 Å². The Morgan fingerprint density at radius 1 is 0.688 bits per heavy atom. The van der Waals surface area contributed by atoms with Crippen molar-refractivity contribution in [3.63, 3.8) is 0 Å². The van der Waals surface area contributed by atoms with Crippen LogP contribution in [0.15, 0.2) is 0 Å². The molecule has 0 rings (SSSR count). The summed E-state index contributed by atoms with van der Waals surface area (Å²) in [6.07, 6.45) is 18.3. The van der Waals surface area contributed by atoms with Gasteiger partial charge in [0.15, 0.2) is 0 Å². The molecule has 190 valence electrons. The monoisotopic (exact) mass is 507 g/mol. The highest BCUT2D eigenvalue weighted by molar-refractivity contribution is 8.76. The SMILES string of the molecule is CCCCCCCCCCCCN(CCC(=O)NCCSC)CCC(=O)NCCSSC. The zero-order valence-electron chi connectivity index (χ0n) is 20.9. The molecule has 0 heterocycles. The fourth-order valence-electron chi connectivity index (χ4n) is 3.46. The molecule has 0 spiro atoms. The first-order chi connectivity index (χ1) is 15.6. The van der Waals surface area contributed by atoms with Crippen molar-refractivity contribution < 1.29 is 9.59 Å². The number of nitrogens with one attached hydrogen (secondary N) is 2. The van der Waals surface area contributed by atoms with Crippen LogP contribution in [0.5, 0.6) is 0 Å². The van der Waals surface area contributed by atoms with Gasteiger partial charge in [0.05, 0.1) is 0 Å². The van der Waals surface area contributed by atoms with Crippen molar-refractivity contribution in [3.05, 3.63) is 0 Å². The standard InChI is InChI=1S/C24H49N3O2S3/c1-4-5-6-7-8-9-10-11-12-13-18-27(19-14-23(28)25-16-21-30-2)20-15-24(29)26-17-22-32-31-3/h4-22H2,1-3H3,(H,25,28)(H,26,29). The second kappa shape index (κ2) is 25.6. The minimum absolute atomic E-state index is 0.115. The maximum Gasteiger partial charge on any atom is 0.221 e. The average molecular weight is 508 g/mol. The molecule has 0 radical (unpaired) electrons. The van der Waals surface area contributed by atoms with Crippen LogP contribution in [0, 0.1) is 0 Å². The molecule has 0 aliphatic heterocycles. The molecule has 0 unspecified atom stereocenters. The molecule has 2 N–H and O–H groups in total. The molecule has 0 bridgehead atoms. The van der Waals surface area contributed by atoms with Gasteiger partial charge in [0.2, 0.25) is 11.8 Å². The van der Waals surface area contributed by atoms with E-state index in [-0.39, 0.29) is 11.8 Å². The average Bonchev–Trinajstić information content (AvgIpc) is 2.79. The summed E-state index contributed by atoms with van der Waals surface area (Å²) in [5.41, 5.74) is 0. The number of carbonyl (C=O) groups is 2. The van der Waals surface area contributed by atoms with E-state index in [0.29, 0.717) is 12.8 Å². The zero-order valence-corrected chi connectivity index (χ0v) is 23.4. The van der Waals surface area contributed by atoms with Gasteiger partial charge in [-0.1, -0.05) is 86.3 Å². The molecule has 0 aromatic rings. The second-order valence-corrected chi connectivity index (χ2v) is 11.9. The molecule has 32 heavy (non-hydrogen) atoms. The Kier molecular flexibility index (Phi) is 25.5. The van der Waals surface area contributed by atoms with E-state index in [1.54, 1.807) is 33.3 Å². The van der Waals surface area contributed by atoms with E-state index < -0.39 is 0 Å². The van der Waals surface area contributed by atoms with Crippen molar-refractivity contribution in [2.45, 2.75) is 84.0 Å². The van der Waals surface area contributed by atoms with Crippen molar-refractivity contribution in [1.82, 2.24) is 15.5 Å². The molecule has 0 aromatic heterocycles. The summed E-state index contributed by atoms with van der Waals surface area (Å²) < 4.78 is 0. The van der Waals surface area contributed by atoms with Crippen LogP contribution >= 0.6 is 33.3 Å². The van der Waals surface area contributed by atoms with Gasteiger partial charge in [-0.15, -0.1) is 0 Å². The molecule has 0 saturated heterocycles. The fourth-order valence-corrected chi connectivity index (χ4v) is 4.87. The molecule has 0 aliphatic carbocycles. The van der Waals surface area contributed by atoms with Gasteiger partial charge < -0.3 is 15.5 Å². The Labute approximate surface area is 210 Å². The number of rotatable bonds is 24. The number of thioether (sulfide) groups is 1. The minimum atomic E-state index is 0.115. The summed E-state index contributed by atoms with van der Waals surface area (Å²) in [4.78, 5) is 26.5. The first-order valence-electron chi connectivity index (χ1n) is 12.5. The minimum Gasteiger partial charge on any atom is -0.355 e. The summed E-state index contributed by atoms with van der Waals surface area (Å²) in [6, 6.07) is 0. The second-order valence-electron chi connectivity index (χ2n) is 8.20. The number of unbranched alkanes of at least 4 members (excludes halogenated alkanes) is 9. The van der Waals surface area contributed by atoms with E-state index in [9.17, 15) is 9.59 Å². The van der Waals surface area contributed by atoms with Crippen LogP contribution in [0.25, 0.3) is 0 Å². The molecule has 0 aromatic carbocycles. The highest BCUT2D eigenvalue weighted by Gasteiger charge is 2.11. The summed E-state index contributed by atoms with van der Waals surface area (Å²) in [5.74, 6) is 2.11. The quantitative estimate of drug-likeness (QED) is 0.131. The van der Waals surface area contributed by atoms with E-state index in [2.05, 4.69) is 28.7 Å². The number of amides is 2. The molecule has 0 saturated carbocycles. The van der Waals surface area contributed by atoms with E-state index in [1.165, 1.54) is 57.8 Å². The Morgan fingerprint density at radius 3 is 1.69 bits per heavy atom. The van der Waals surface area contributed by atoms with Crippen LogP contribution in [0.2, 0.25) is 0 Å². The lowest BCUT2D eigenvalue weighted by molar-refractivity contribution is -0.121. The molecule has 2 amide bonds. The van der Waals surface area contributed by atoms with Gasteiger partial charge in [0.25, 0.3) is 0 Å². The van der Waals surface area contributed by atoms with Crippen molar-refractivity contribution in [3.8, 4) is 0 Å². The van der Waals surface area contributed by atoms with Crippen LogP contribution < -0.4 is 10.6 Å². The van der Waals surface area contributed by atoms with Crippen LogP contribution in [0.3, 0.4) is 0 Å². The van der Waals surface area contributed by atoms with Crippen molar-refractivity contribution in [2.24, 2.45) is 0 Å². The van der Waals surface area contributed by atoms with Crippen LogP contribution in [0.1, 0.15) is 84.0 Å². The van der Waals surface area contributed by atoms with Gasteiger partial charge in [-0.3, -0.25) is 9.59 Å². The Bertz CT molecular complexity index is 443. The van der Waals surface area contributed by atoms with Gasteiger partial charge in [0.1, 0.15) is 0 Å². The fraction of sp³-hybridized carbons (Fsp3) is 0.917. The number of nitrogens with zero attached hydrogens (tertiary/aromatic N) is 1. The molecular weight excluding hydrogens is 458 g/mol. The van der Waals surface area contributed by atoms with Gasteiger partial charge in [-0.05, 0) is 25.5 Å². The molecular formula is C24H49N3O2S3. The number of carbonyl (C=O) groups excluding carboxylic acids is 2. The smallest absolute Gasteiger partial charge is 0.221 e. The summed E-state index contributed by atoms with van der Waals surface area (Å²) in [5, 5.41) is 5.98. The van der Waals surface area contributed by atoms with Crippen molar-refractivity contribution >= 4 is 45.2 Å². The highest BCUT2D eigenvalue weighted by atomic mass is 33.1. The van der Waals surface area contributed by atoms with Crippen LogP contribution in [-0.2, 0) is 9.59 Å². The Balaban J connectivity index is 4.10. The topological polar surface area (TPSA) is 61.4 Å². The highest BCUT2D eigenvalue weighted by Crippen LogP contribution is 2.15. The molecule has 0 fully saturated rings. The van der Waals surface area contributed by atoms with Crippen molar-refractivity contribution in [1.29, 1.82) is 0 Å². The van der Waals surface area contributed by atoms with E-state index in [0.717, 1.165) is 50.7 Å². The molecule has 0 atom stereocenters. The number of hydrogen-bond acceptors (Lipinski definition) is 6. The predicted molar refractivity (Wildman–Crippen MR) is 148 cm³/mol. The lowest BCUT2D eigenvalue weighted by Gasteiger charge is -2.22. The Morgan fingerprint density at radius 2 is 1.19 bits per heavy atom. The van der Waals surface area contributed by atoms with Gasteiger partial charge in [0, 0.05) is 50.5 Å². The lowest BCUT2D eigenvalue weighted by atomic mass is 10.1. The maximum atomic E-state index is 12.1. The summed E-state index contributed by atoms with van der Waals surface area (Å²) >= 11 is 1.74. The lowest BCUT2D eigenvalue weighted by Crippen LogP contribution is -2.35. The number of hydrogen-bond donors (Lipinski definition) is 2. The van der Waals surface area contributed by atoms with Crippen LogP contribution in [-0.4, -0.2) is 73.5 Å². The Hall–Kier alpha value is -0.0500. The summed E-state index contributed by atoms with van der Waals surface area (Å²) in [6.45, 7) is 6.16. The van der Waals surface area contributed by atoms with Crippen LogP contribution in [0.4, 0.5) is 0 Å². The first-order valence-corrected chi connectivity index (χ1v) is 16.7. The van der Waals surface area contributed by atoms with Gasteiger partial charge in [-0.2, -0.15) is 11.8 Å². The third-order valence-corrected chi connectivity index (χ3v) is 7.82. The normalized spacial score (nSPS) is 11.1. The van der Waals surface area contributed by atoms with Gasteiger partial charge >= 0.3 is 0 Å². The molecule has 5 nitrogen and oxygen atoms in total. The predicted octanol–water partition coefficient (Wildman–Crippen LogP) is 5.60. The molecule has 8 heteroatoms. The third-order valence-electron chi connectivity index (χ3n) is 5.39. The molecule has 0 aliphatic rings.